The number of aryl methyl sites for hydroxylation is 1. The molecule has 20 heavy (non-hydrogen) atoms. The summed E-state index contributed by atoms with van der Waals surface area (Å²) in [4.78, 5) is 0. The largest absolute Gasteiger partial charge is 0.271 e. The van der Waals surface area contributed by atoms with E-state index in [0.29, 0.717) is 5.02 Å². The molecule has 0 spiro atoms. The number of hydrogen-bond donors (Lipinski definition) is 2. The van der Waals surface area contributed by atoms with Gasteiger partial charge < -0.3 is 0 Å². The Morgan fingerprint density at radius 3 is 2.65 bits per heavy atom. The summed E-state index contributed by atoms with van der Waals surface area (Å²) in [7, 11) is 0. The van der Waals surface area contributed by atoms with Crippen LogP contribution >= 0.6 is 27.5 Å². The first-order valence-electron chi connectivity index (χ1n) is 6.65. The maximum absolute atomic E-state index is 6.12. The van der Waals surface area contributed by atoms with E-state index in [1.165, 1.54) is 5.56 Å². The number of hydrogen-bond acceptors (Lipinski definition) is 2. The molecule has 0 bridgehead atoms. The predicted octanol–water partition coefficient (Wildman–Crippen LogP) is 4.61. The van der Waals surface area contributed by atoms with Gasteiger partial charge >= 0.3 is 0 Å². The summed E-state index contributed by atoms with van der Waals surface area (Å²) in [6.07, 6.45) is 2.21. The second-order valence-corrected chi connectivity index (χ2v) is 6.15. The zero-order valence-corrected chi connectivity index (χ0v) is 13.7. The smallest absolute Gasteiger partial charge is 0.0711 e. The molecular weight excluding hydrogens is 336 g/mol. The molecule has 0 heterocycles. The zero-order chi connectivity index (χ0) is 14.5. The Morgan fingerprint density at radius 2 is 2.00 bits per heavy atom. The molecule has 0 aliphatic carbocycles. The molecule has 3 N–H and O–H groups in total. The van der Waals surface area contributed by atoms with E-state index in [1.807, 2.05) is 18.2 Å². The number of halogens is 2. The summed E-state index contributed by atoms with van der Waals surface area (Å²) in [5.41, 5.74) is 6.39. The minimum atomic E-state index is -0.0678. The Labute approximate surface area is 133 Å². The van der Waals surface area contributed by atoms with E-state index >= 15 is 0 Å². The van der Waals surface area contributed by atoms with Gasteiger partial charge in [-0.3, -0.25) is 5.84 Å². The van der Waals surface area contributed by atoms with Gasteiger partial charge in [-0.25, -0.2) is 5.43 Å². The summed E-state index contributed by atoms with van der Waals surface area (Å²) in [5, 5.41) is 0.694. The topological polar surface area (TPSA) is 38.0 Å². The minimum Gasteiger partial charge on any atom is -0.271 e. The highest BCUT2D eigenvalue weighted by Crippen LogP contribution is 2.28. The van der Waals surface area contributed by atoms with Crippen LogP contribution in [0.15, 0.2) is 46.9 Å². The highest BCUT2D eigenvalue weighted by molar-refractivity contribution is 9.10. The van der Waals surface area contributed by atoms with E-state index in [1.54, 1.807) is 0 Å². The van der Waals surface area contributed by atoms with Gasteiger partial charge in [0.2, 0.25) is 0 Å². The van der Waals surface area contributed by atoms with Gasteiger partial charge in [0, 0.05) is 9.50 Å². The normalized spacial score (nSPS) is 12.4. The molecule has 2 rings (SSSR count). The van der Waals surface area contributed by atoms with Gasteiger partial charge in [-0.2, -0.15) is 0 Å². The van der Waals surface area contributed by atoms with Gasteiger partial charge in [-0.1, -0.05) is 65.1 Å². The summed E-state index contributed by atoms with van der Waals surface area (Å²) >= 11 is 9.59. The average Bonchev–Trinajstić information content (AvgIpc) is 2.39. The lowest BCUT2D eigenvalue weighted by molar-refractivity contribution is 0.635. The van der Waals surface area contributed by atoms with Crippen LogP contribution in [-0.4, -0.2) is 0 Å². The third-order valence-electron chi connectivity index (χ3n) is 3.21. The van der Waals surface area contributed by atoms with Gasteiger partial charge in [0.1, 0.15) is 0 Å². The third-order valence-corrected chi connectivity index (χ3v) is 3.88. The molecule has 106 valence electrons. The minimum absolute atomic E-state index is 0.0678. The monoisotopic (exact) mass is 352 g/mol. The van der Waals surface area contributed by atoms with Gasteiger partial charge in [-0.05, 0) is 41.3 Å². The summed E-state index contributed by atoms with van der Waals surface area (Å²) < 4.78 is 0.949. The van der Waals surface area contributed by atoms with Crippen molar-refractivity contribution in [3.05, 3.63) is 68.7 Å². The maximum Gasteiger partial charge on any atom is 0.0711 e. The Kier molecular flexibility index (Phi) is 5.61. The molecule has 4 heteroatoms. The second kappa shape index (κ2) is 7.23. The second-order valence-electron chi connectivity index (χ2n) is 4.80. The molecule has 0 fully saturated rings. The highest BCUT2D eigenvalue weighted by Gasteiger charge is 2.14. The SMILES string of the molecule is CCCc1cccc(C(NN)c2cc(Cl)cc(Br)c2)c1. The summed E-state index contributed by atoms with van der Waals surface area (Å²) in [6, 6.07) is 14.3. The lowest BCUT2D eigenvalue weighted by atomic mass is 9.96. The van der Waals surface area contributed by atoms with Gasteiger partial charge in [0.15, 0.2) is 0 Å². The molecular formula is C16H18BrClN2. The van der Waals surface area contributed by atoms with Crippen molar-refractivity contribution in [2.75, 3.05) is 0 Å². The Bertz CT molecular complexity index is 566. The van der Waals surface area contributed by atoms with Gasteiger partial charge in [0.05, 0.1) is 6.04 Å². The Morgan fingerprint density at radius 1 is 1.20 bits per heavy atom. The molecule has 2 aromatic rings. The molecule has 0 saturated heterocycles. The first-order valence-corrected chi connectivity index (χ1v) is 7.82. The fraction of sp³-hybridized carbons (Fsp3) is 0.250. The van der Waals surface area contributed by atoms with Crippen LogP contribution < -0.4 is 11.3 Å². The van der Waals surface area contributed by atoms with E-state index in [0.717, 1.165) is 28.4 Å². The van der Waals surface area contributed by atoms with Crippen molar-refractivity contribution in [1.82, 2.24) is 5.43 Å². The lowest BCUT2D eigenvalue weighted by Crippen LogP contribution is -2.28. The Balaban J connectivity index is 2.38. The Hall–Kier alpha value is -0.870. The number of nitrogens with two attached hydrogens (primary N) is 1. The molecule has 0 aliphatic rings. The van der Waals surface area contributed by atoms with Crippen LogP contribution in [0.25, 0.3) is 0 Å². The van der Waals surface area contributed by atoms with Crippen LogP contribution in [0.3, 0.4) is 0 Å². The standard InChI is InChI=1S/C16H18BrClN2/c1-2-4-11-5-3-6-12(7-11)16(20-19)13-8-14(17)10-15(18)9-13/h3,5-10,16,20H,2,4,19H2,1H3. The molecule has 0 radical (unpaired) electrons. The lowest BCUT2D eigenvalue weighted by Gasteiger charge is -2.18. The van der Waals surface area contributed by atoms with Crippen molar-refractivity contribution >= 4 is 27.5 Å². The molecule has 0 aliphatic heterocycles. The zero-order valence-electron chi connectivity index (χ0n) is 11.4. The number of nitrogens with one attached hydrogen (secondary N) is 1. The van der Waals surface area contributed by atoms with Crippen LogP contribution in [0.1, 0.15) is 36.1 Å². The number of hydrazine groups is 1. The van der Waals surface area contributed by atoms with E-state index in [-0.39, 0.29) is 6.04 Å². The molecule has 2 nitrogen and oxygen atoms in total. The summed E-state index contributed by atoms with van der Waals surface area (Å²) in [6.45, 7) is 2.18. The van der Waals surface area contributed by atoms with E-state index in [9.17, 15) is 0 Å². The van der Waals surface area contributed by atoms with Crippen LogP contribution in [0, 0.1) is 0 Å². The molecule has 0 amide bonds. The fourth-order valence-corrected chi connectivity index (χ4v) is 3.23. The van der Waals surface area contributed by atoms with Gasteiger partial charge in [-0.15, -0.1) is 0 Å². The quantitative estimate of drug-likeness (QED) is 0.608. The average molecular weight is 354 g/mol. The van der Waals surface area contributed by atoms with Crippen molar-refractivity contribution in [1.29, 1.82) is 0 Å². The number of benzene rings is 2. The van der Waals surface area contributed by atoms with Crippen LogP contribution in [0.4, 0.5) is 0 Å². The van der Waals surface area contributed by atoms with Crippen molar-refractivity contribution in [3.8, 4) is 0 Å². The molecule has 1 unspecified atom stereocenters. The molecule has 2 aromatic carbocycles. The first kappa shape index (κ1) is 15.5. The van der Waals surface area contributed by atoms with Crippen molar-refractivity contribution in [2.24, 2.45) is 5.84 Å². The van der Waals surface area contributed by atoms with Crippen molar-refractivity contribution in [3.63, 3.8) is 0 Å². The van der Waals surface area contributed by atoms with Crippen LogP contribution in [0.2, 0.25) is 5.02 Å². The van der Waals surface area contributed by atoms with E-state index in [2.05, 4.69) is 52.5 Å². The predicted molar refractivity (Wildman–Crippen MR) is 88.8 cm³/mol. The maximum atomic E-state index is 6.12. The first-order chi connectivity index (χ1) is 9.63. The van der Waals surface area contributed by atoms with Crippen molar-refractivity contribution in [2.45, 2.75) is 25.8 Å². The van der Waals surface area contributed by atoms with E-state index < -0.39 is 0 Å². The molecule has 1 atom stereocenters. The third kappa shape index (κ3) is 3.83. The fourth-order valence-electron chi connectivity index (χ4n) is 2.34. The van der Waals surface area contributed by atoms with Crippen molar-refractivity contribution < 1.29 is 0 Å². The van der Waals surface area contributed by atoms with Gasteiger partial charge in [0.25, 0.3) is 0 Å². The highest BCUT2D eigenvalue weighted by atomic mass is 79.9. The summed E-state index contributed by atoms with van der Waals surface area (Å²) in [5.74, 6) is 5.75. The molecule has 0 aromatic heterocycles. The molecule has 0 saturated carbocycles. The van der Waals surface area contributed by atoms with Crippen LogP contribution in [0.5, 0.6) is 0 Å². The number of rotatable bonds is 5. The van der Waals surface area contributed by atoms with E-state index in [4.69, 9.17) is 17.4 Å². The van der Waals surface area contributed by atoms with Crippen LogP contribution in [-0.2, 0) is 6.42 Å².